The lowest BCUT2D eigenvalue weighted by atomic mass is 9.83. The second-order valence-corrected chi connectivity index (χ2v) is 6.30. The van der Waals surface area contributed by atoms with Crippen LogP contribution in [0.25, 0.3) is 10.1 Å². The van der Waals surface area contributed by atoms with Gasteiger partial charge in [-0.15, -0.1) is 11.3 Å². The zero-order chi connectivity index (χ0) is 14.1. The molecule has 3 rings (SSSR count). The molecule has 5 heteroatoms. The topological polar surface area (TPSA) is 66.4 Å². The summed E-state index contributed by atoms with van der Waals surface area (Å²) in [6, 6.07) is 7.15. The molecule has 0 saturated heterocycles. The first-order valence-electron chi connectivity index (χ1n) is 6.68. The van der Waals surface area contributed by atoms with Gasteiger partial charge in [0.1, 0.15) is 4.88 Å². The predicted molar refractivity (Wildman–Crippen MR) is 79.4 cm³/mol. The highest BCUT2D eigenvalue weighted by Crippen LogP contribution is 2.31. The van der Waals surface area contributed by atoms with Gasteiger partial charge in [-0.25, -0.2) is 4.79 Å². The van der Waals surface area contributed by atoms with Crippen molar-refractivity contribution in [3.05, 3.63) is 29.1 Å². The molecule has 0 aliphatic heterocycles. The highest BCUT2D eigenvalue weighted by Gasteiger charge is 2.20. The second-order valence-electron chi connectivity index (χ2n) is 5.22. The Morgan fingerprint density at radius 1 is 1.30 bits per heavy atom. The van der Waals surface area contributed by atoms with E-state index in [0.717, 1.165) is 28.6 Å². The van der Waals surface area contributed by atoms with Crippen LogP contribution >= 0.6 is 11.3 Å². The highest BCUT2D eigenvalue weighted by atomic mass is 32.1. The average molecular weight is 289 g/mol. The minimum atomic E-state index is -0.915. The molecular weight excluding hydrogens is 274 g/mol. The lowest BCUT2D eigenvalue weighted by Gasteiger charge is -2.24. The Kier molecular flexibility index (Phi) is 3.44. The predicted octanol–water partition coefficient (Wildman–Crippen LogP) is 3.73. The number of thiophene rings is 1. The first-order chi connectivity index (χ1) is 9.61. The lowest BCUT2D eigenvalue weighted by molar-refractivity contribution is -0.117. The highest BCUT2D eigenvalue weighted by molar-refractivity contribution is 7.20. The summed E-state index contributed by atoms with van der Waals surface area (Å²) in [5.41, 5.74) is 0.733. The minimum Gasteiger partial charge on any atom is -0.477 e. The number of hydrogen-bond acceptors (Lipinski definition) is 3. The van der Waals surface area contributed by atoms with Gasteiger partial charge in [-0.1, -0.05) is 6.42 Å². The molecule has 1 aliphatic carbocycles. The van der Waals surface area contributed by atoms with E-state index in [-0.39, 0.29) is 5.91 Å². The van der Waals surface area contributed by atoms with Crippen molar-refractivity contribution in [2.45, 2.75) is 25.7 Å². The normalized spacial score (nSPS) is 15.0. The number of benzene rings is 1. The van der Waals surface area contributed by atoms with Crippen LogP contribution in [-0.4, -0.2) is 17.0 Å². The molecule has 1 aromatic carbocycles. The first-order valence-corrected chi connectivity index (χ1v) is 7.50. The number of amides is 1. The third kappa shape index (κ3) is 2.67. The fourth-order valence-corrected chi connectivity index (χ4v) is 3.28. The maximum absolute atomic E-state index is 11.9. The van der Waals surface area contributed by atoms with Crippen molar-refractivity contribution < 1.29 is 14.7 Å². The van der Waals surface area contributed by atoms with Crippen LogP contribution in [0.5, 0.6) is 0 Å². The molecule has 0 atom stereocenters. The van der Waals surface area contributed by atoms with Gasteiger partial charge in [-0.2, -0.15) is 0 Å². The van der Waals surface area contributed by atoms with Crippen molar-refractivity contribution in [1.82, 2.24) is 0 Å². The SMILES string of the molecule is O=C(CC1CCC1)Nc1ccc2sc(C(=O)O)cc2c1. The zero-order valence-corrected chi connectivity index (χ0v) is 11.7. The van der Waals surface area contributed by atoms with E-state index in [2.05, 4.69) is 5.32 Å². The molecule has 1 saturated carbocycles. The summed E-state index contributed by atoms with van der Waals surface area (Å²) in [6.07, 6.45) is 4.12. The Hall–Kier alpha value is -1.88. The van der Waals surface area contributed by atoms with E-state index in [0.29, 0.717) is 17.2 Å². The molecule has 1 aliphatic rings. The Morgan fingerprint density at radius 2 is 2.10 bits per heavy atom. The largest absolute Gasteiger partial charge is 0.477 e. The maximum Gasteiger partial charge on any atom is 0.345 e. The van der Waals surface area contributed by atoms with Crippen LogP contribution in [0.15, 0.2) is 24.3 Å². The molecule has 4 nitrogen and oxygen atoms in total. The van der Waals surface area contributed by atoms with E-state index in [1.165, 1.54) is 17.8 Å². The van der Waals surface area contributed by atoms with Gasteiger partial charge in [0.25, 0.3) is 0 Å². The van der Waals surface area contributed by atoms with Gasteiger partial charge in [-0.3, -0.25) is 4.79 Å². The van der Waals surface area contributed by atoms with Crippen molar-refractivity contribution in [1.29, 1.82) is 0 Å². The zero-order valence-electron chi connectivity index (χ0n) is 10.9. The molecule has 0 radical (unpaired) electrons. The number of carbonyl (C=O) groups excluding carboxylic acids is 1. The van der Waals surface area contributed by atoms with Crippen LogP contribution < -0.4 is 5.32 Å². The van der Waals surface area contributed by atoms with Gasteiger partial charge in [0.05, 0.1) is 0 Å². The van der Waals surface area contributed by atoms with Gasteiger partial charge >= 0.3 is 5.97 Å². The molecule has 0 unspecified atom stereocenters. The van der Waals surface area contributed by atoms with Crippen LogP contribution in [-0.2, 0) is 4.79 Å². The van der Waals surface area contributed by atoms with E-state index in [9.17, 15) is 9.59 Å². The number of anilines is 1. The Bertz CT molecular complexity index is 673. The summed E-state index contributed by atoms with van der Waals surface area (Å²) >= 11 is 1.24. The number of rotatable bonds is 4. The van der Waals surface area contributed by atoms with Crippen molar-refractivity contribution in [3.63, 3.8) is 0 Å². The summed E-state index contributed by atoms with van der Waals surface area (Å²) in [7, 11) is 0. The average Bonchev–Trinajstić information content (AvgIpc) is 2.77. The van der Waals surface area contributed by atoms with Crippen LogP contribution in [0.2, 0.25) is 0 Å². The molecule has 1 aromatic heterocycles. The molecule has 0 spiro atoms. The standard InChI is InChI=1S/C15H15NO3S/c17-14(6-9-2-1-3-9)16-11-4-5-12-10(7-11)8-13(20-12)15(18)19/h4-5,7-9H,1-3,6H2,(H,16,17)(H,18,19). The smallest absolute Gasteiger partial charge is 0.345 e. The fraction of sp³-hybridized carbons (Fsp3) is 0.333. The molecule has 1 heterocycles. The summed E-state index contributed by atoms with van der Waals surface area (Å²) in [6.45, 7) is 0. The summed E-state index contributed by atoms with van der Waals surface area (Å²) < 4.78 is 0.916. The van der Waals surface area contributed by atoms with E-state index in [4.69, 9.17) is 5.11 Å². The first kappa shape index (κ1) is 13.1. The number of aromatic carboxylic acids is 1. The molecular formula is C15H15NO3S. The van der Waals surface area contributed by atoms with Crippen molar-refractivity contribution in [2.24, 2.45) is 5.92 Å². The monoisotopic (exact) mass is 289 g/mol. The number of carboxylic acid groups (broad SMARTS) is 1. The van der Waals surface area contributed by atoms with Gasteiger partial charge in [-0.05, 0) is 48.4 Å². The third-order valence-corrected chi connectivity index (χ3v) is 4.81. The number of fused-ring (bicyclic) bond motifs is 1. The fourth-order valence-electron chi connectivity index (χ4n) is 2.40. The summed E-state index contributed by atoms with van der Waals surface area (Å²) in [5.74, 6) is -0.331. The van der Waals surface area contributed by atoms with Gasteiger partial charge in [0.2, 0.25) is 5.91 Å². The molecule has 20 heavy (non-hydrogen) atoms. The molecule has 1 amide bonds. The lowest BCUT2D eigenvalue weighted by Crippen LogP contribution is -2.20. The summed E-state index contributed by atoms with van der Waals surface area (Å²) in [4.78, 5) is 23.1. The Morgan fingerprint density at radius 3 is 2.75 bits per heavy atom. The van der Waals surface area contributed by atoms with Crippen LogP contribution in [0.1, 0.15) is 35.4 Å². The van der Waals surface area contributed by atoms with Crippen LogP contribution in [0, 0.1) is 5.92 Å². The summed E-state index contributed by atoms with van der Waals surface area (Å²) in [5, 5.41) is 12.7. The molecule has 1 fully saturated rings. The number of carboxylic acids is 1. The van der Waals surface area contributed by atoms with Gasteiger partial charge in [0, 0.05) is 16.8 Å². The number of nitrogens with one attached hydrogen (secondary N) is 1. The minimum absolute atomic E-state index is 0.0442. The van der Waals surface area contributed by atoms with Crippen molar-refractivity contribution in [3.8, 4) is 0 Å². The molecule has 2 N–H and O–H groups in total. The molecule has 0 bridgehead atoms. The molecule has 104 valence electrons. The van der Waals surface area contributed by atoms with Gasteiger partial charge < -0.3 is 10.4 Å². The second kappa shape index (κ2) is 5.25. The van der Waals surface area contributed by atoms with E-state index in [1.54, 1.807) is 6.07 Å². The quantitative estimate of drug-likeness (QED) is 0.901. The van der Waals surface area contributed by atoms with Crippen molar-refractivity contribution >= 4 is 39.0 Å². The van der Waals surface area contributed by atoms with E-state index < -0.39 is 5.97 Å². The van der Waals surface area contributed by atoms with Gasteiger partial charge in [0.15, 0.2) is 0 Å². The number of carbonyl (C=O) groups is 2. The Labute approximate surface area is 120 Å². The van der Waals surface area contributed by atoms with E-state index in [1.807, 2.05) is 18.2 Å². The van der Waals surface area contributed by atoms with Crippen molar-refractivity contribution in [2.75, 3.05) is 5.32 Å². The van der Waals surface area contributed by atoms with Crippen LogP contribution in [0.4, 0.5) is 5.69 Å². The maximum atomic E-state index is 11.9. The number of hydrogen-bond donors (Lipinski definition) is 2. The van der Waals surface area contributed by atoms with Crippen LogP contribution in [0.3, 0.4) is 0 Å². The molecule has 2 aromatic rings. The Balaban J connectivity index is 1.74. The van der Waals surface area contributed by atoms with E-state index >= 15 is 0 Å². The third-order valence-electron chi connectivity index (χ3n) is 3.71.